The zero-order valence-corrected chi connectivity index (χ0v) is 14.4. The first-order valence-corrected chi connectivity index (χ1v) is 7.85. The van der Waals surface area contributed by atoms with E-state index in [1.165, 1.54) is 0 Å². The van der Waals surface area contributed by atoms with Crippen LogP contribution in [0.25, 0.3) is 0 Å². The number of hydrogen-bond donors (Lipinski definition) is 7. The summed E-state index contributed by atoms with van der Waals surface area (Å²) >= 11 is 0. The van der Waals surface area contributed by atoms with E-state index in [2.05, 4.69) is 15.6 Å². The van der Waals surface area contributed by atoms with Gasteiger partial charge in [0.05, 0.1) is 6.61 Å². The molecule has 10 N–H and O–H groups in total. The molecule has 0 unspecified atom stereocenters. The number of nitrogens with two attached hydrogens (primary N) is 3. The summed E-state index contributed by atoms with van der Waals surface area (Å²) in [7, 11) is 0. The lowest BCUT2D eigenvalue weighted by Gasteiger charge is -2.24. The number of amides is 2. The molecular weight excluding hydrogens is 332 g/mol. The molecule has 11 nitrogen and oxygen atoms in total. The number of guanidine groups is 1. The summed E-state index contributed by atoms with van der Waals surface area (Å²) in [5.74, 6) is -3.01. The summed E-state index contributed by atoms with van der Waals surface area (Å²) in [6.45, 7) is 2.94. The number of carboxylic acid groups (broad SMARTS) is 1. The zero-order chi connectivity index (χ0) is 19.6. The Morgan fingerprint density at radius 3 is 2.16 bits per heavy atom. The molecule has 0 aromatic heterocycles. The number of carbonyl (C=O) groups is 3. The van der Waals surface area contributed by atoms with Crippen LogP contribution < -0.4 is 27.8 Å². The number of carbonyl (C=O) groups excluding carboxylic acids is 2. The Morgan fingerprint density at radius 1 is 1.12 bits per heavy atom. The van der Waals surface area contributed by atoms with E-state index in [9.17, 15) is 14.4 Å². The zero-order valence-electron chi connectivity index (χ0n) is 14.4. The second-order valence-corrected chi connectivity index (χ2v) is 5.87. The Labute approximate surface area is 146 Å². The van der Waals surface area contributed by atoms with Gasteiger partial charge in [-0.15, -0.1) is 0 Å². The number of aliphatic hydroxyl groups is 1. The summed E-state index contributed by atoms with van der Waals surface area (Å²) < 4.78 is 0. The molecule has 0 aromatic rings. The molecule has 25 heavy (non-hydrogen) atoms. The number of rotatable bonds is 11. The molecule has 0 spiro atoms. The lowest BCUT2D eigenvalue weighted by molar-refractivity contribution is -0.143. The average molecular weight is 360 g/mol. The Morgan fingerprint density at radius 2 is 1.72 bits per heavy atom. The molecule has 144 valence electrons. The van der Waals surface area contributed by atoms with Gasteiger partial charge in [0.2, 0.25) is 11.8 Å². The monoisotopic (exact) mass is 360 g/mol. The van der Waals surface area contributed by atoms with Gasteiger partial charge < -0.3 is 38.0 Å². The van der Waals surface area contributed by atoms with E-state index in [4.69, 9.17) is 27.4 Å². The molecule has 0 saturated heterocycles. The number of aliphatic carboxylic acids is 1. The van der Waals surface area contributed by atoms with E-state index >= 15 is 0 Å². The second-order valence-electron chi connectivity index (χ2n) is 5.87. The number of aliphatic hydroxyl groups excluding tert-OH is 1. The molecule has 0 aliphatic rings. The first kappa shape index (κ1) is 22.6. The predicted octanol–water partition coefficient (Wildman–Crippen LogP) is -2.93. The van der Waals surface area contributed by atoms with Crippen LogP contribution in [0.2, 0.25) is 0 Å². The molecule has 0 saturated carbocycles. The van der Waals surface area contributed by atoms with Gasteiger partial charge in [0.1, 0.15) is 18.1 Å². The van der Waals surface area contributed by atoms with Crippen LogP contribution in [0.15, 0.2) is 4.99 Å². The SMILES string of the molecule is CC(C)[C@H](NC(=O)[C@H](CCCN=C(N)N)NC(=O)[C@@H](N)CO)C(=O)O. The van der Waals surface area contributed by atoms with E-state index in [-0.39, 0.29) is 24.8 Å². The molecule has 2 amide bonds. The normalized spacial score (nSPS) is 14.3. The topological polar surface area (TPSA) is 206 Å². The molecule has 0 heterocycles. The molecule has 11 heteroatoms. The smallest absolute Gasteiger partial charge is 0.326 e. The summed E-state index contributed by atoms with van der Waals surface area (Å²) in [6, 6.07) is -3.32. The van der Waals surface area contributed by atoms with Gasteiger partial charge in [-0.2, -0.15) is 0 Å². The van der Waals surface area contributed by atoms with Crippen molar-refractivity contribution in [1.29, 1.82) is 0 Å². The quantitative estimate of drug-likeness (QED) is 0.115. The Kier molecular flexibility index (Phi) is 10.1. The first-order chi connectivity index (χ1) is 11.6. The van der Waals surface area contributed by atoms with Gasteiger partial charge in [-0.3, -0.25) is 14.6 Å². The van der Waals surface area contributed by atoms with Gasteiger partial charge in [-0.1, -0.05) is 13.8 Å². The molecule has 0 aromatic carbocycles. The van der Waals surface area contributed by atoms with Gasteiger partial charge in [-0.25, -0.2) is 4.79 Å². The minimum Gasteiger partial charge on any atom is -0.480 e. The van der Waals surface area contributed by atoms with E-state index < -0.39 is 42.5 Å². The number of hydrogen-bond acceptors (Lipinski definition) is 6. The van der Waals surface area contributed by atoms with E-state index in [1.807, 2.05) is 0 Å². The molecular formula is C14H28N6O5. The predicted molar refractivity (Wildman–Crippen MR) is 91.3 cm³/mol. The van der Waals surface area contributed by atoms with Crippen LogP contribution in [0.4, 0.5) is 0 Å². The standard InChI is InChI=1S/C14H28N6O5/c1-7(2)10(13(24)25)20-12(23)9(4-3-5-18-14(16)17)19-11(22)8(15)6-21/h7-10,21H,3-6,15H2,1-2H3,(H,19,22)(H,20,23)(H,24,25)(H4,16,17,18)/t8-,9-,10-/m0/s1. The third-order valence-corrected chi connectivity index (χ3v) is 3.34. The molecule has 0 rings (SSSR count). The van der Waals surface area contributed by atoms with Crippen LogP contribution in [0, 0.1) is 5.92 Å². The average Bonchev–Trinajstić information content (AvgIpc) is 2.53. The molecule has 0 aliphatic carbocycles. The first-order valence-electron chi connectivity index (χ1n) is 7.85. The number of nitrogens with one attached hydrogen (secondary N) is 2. The fraction of sp³-hybridized carbons (Fsp3) is 0.714. The van der Waals surface area contributed by atoms with Crippen molar-refractivity contribution in [2.24, 2.45) is 28.1 Å². The molecule has 0 aliphatic heterocycles. The Balaban J connectivity index is 5.01. The largest absolute Gasteiger partial charge is 0.480 e. The van der Waals surface area contributed by atoms with Crippen molar-refractivity contribution in [3.8, 4) is 0 Å². The third-order valence-electron chi connectivity index (χ3n) is 3.34. The molecule has 0 fully saturated rings. The van der Waals surface area contributed by atoms with Crippen molar-refractivity contribution >= 4 is 23.7 Å². The summed E-state index contributed by atoms with van der Waals surface area (Å²) in [4.78, 5) is 39.2. The van der Waals surface area contributed by atoms with Gasteiger partial charge >= 0.3 is 5.97 Å². The maximum absolute atomic E-state index is 12.4. The maximum atomic E-state index is 12.4. The molecule has 0 radical (unpaired) electrons. The fourth-order valence-corrected chi connectivity index (χ4v) is 1.90. The minimum absolute atomic E-state index is 0.0990. The summed E-state index contributed by atoms with van der Waals surface area (Å²) in [5.41, 5.74) is 15.8. The lowest BCUT2D eigenvalue weighted by Crippen LogP contribution is -2.55. The van der Waals surface area contributed by atoms with E-state index in [0.29, 0.717) is 6.42 Å². The van der Waals surface area contributed by atoms with E-state index in [1.54, 1.807) is 13.8 Å². The van der Waals surface area contributed by atoms with Crippen LogP contribution in [-0.4, -0.2) is 65.2 Å². The summed E-state index contributed by atoms with van der Waals surface area (Å²) in [6.07, 6.45) is 0.529. The highest BCUT2D eigenvalue weighted by Gasteiger charge is 2.29. The van der Waals surface area contributed by atoms with Crippen LogP contribution >= 0.6 is 0 Å². The van der Waals surface area contributed by atoms with Gasteiger partial charge in [0, 0.05) is 6.54 Å². The highest BCUT2D eigenvalue weighted by molar-refractivity contribution is 5.91. The van der Waals surface area contributed by atoms with Gasteiger partial charge in [-0.05, 0) is 18.8 Å². The molecule has 3 atom stereocenters. The van der Waals surface area contributed by atoms with Crippen LogP contribution in [-0.2, 0) is 14.4 Å². The number of aliphatic imine (C=N–C) groups is 1. The Bertz CT molecular complexity index is 492. The highest BCUT2D eigenvalue weighted by Crippen LogP contribution is 2.05. The van der Waals surface area contributed by atoms with Crippen molar-refractivity contribution in [2.45, 2.75) is 44.8 Å². The van der Waals surface area contributed by atoms with Crippen molar-refractivity contribution in [3.05, 3.63) is 0 Å². The molecule has 0 bridgehead atoms. The van der Waals surface area contributed by atoms with Crippen molar-refractivity contribution in [1.82, 2.24) is 10.6 Å². The second kappa shape index (κ2) is 11.2. The Hall–Kier alpha value is -2.40. The van der Waals surface area contributed by atoms with Crippen molar-refractivity contribution in [2.75, 3.05) is 13.2 Å². The lowest BCUT2D eigenvalue weighted by atomic mass is 10.0. The van der Waals surface area contributed by atoms with E-state index in [0.717, 1.165) is 0 Å². The van der Waals surface area contributed by atoms with Crippen LogP contribution in [0.5, 0.6) is 0 Å². The van der Waals surface area contributed by atoms with Crippen molar-refractivity contribution in [3.63, 3.8) is 0 Å². The number of carboxylic acids is 1. The van der Waals surface area contributed by atoms with Gasteiger partial charge in [0.25, 0.3) is 0 Å². The van der Waals surface area contributed by atoms with Gasteiger partial charge in [0.15, 0.2) is 5.96 Å². The minimum atomic E-state index is -1.19. The number of nitrogens with zero attached hydrogens (tertiary/aromatic N) is 1. The van der Waals surface area contributed by atoms with Crippen LogP contribution in [0.1, 0.15) is 26.7 Å². The third kappa shape index (κ3) is 8.86. The van der Waals surface area contributed by atoms with Crippen molar-refractivity contribution < 1.29 is 24.6 Å². The highest BCUT2D eigenvalue weighted by atomic mass is 16.4. The summed E-state index contributed by atoms with van der Waals surface area (Å²) in [5, 5.41) is 22.9. The van der Waals surface area contributed by atoms with Crippen LogP contribution in [0.3, 0.4) is 0 Å². The maximum Gasteiger partial charge on any atom is 0.326 e. The fourth-order valence-electron chi connectivity index (χ4n) is 1.90.